The van der Waals surface area contributed by atoms with Crippen molar-refractivity contribution >= 4 is 35.2 Å². The van der Waals surface area contributed by atoms with E-state index < -0.39 is 23.6 Å². The maximum Gasteiger partial charge on any atom is 0.411 e. The number of halogens is 2. The molecular formula is C18H24Cl2N2O4. The zero-order chi connectivity index (χ0) is 19.6. The van der Waals surface area contributed by atoms with Crippen molar-refractivity contribution in [3.8, 4) is 5.75 Å². The lowest BCUT2D eigenvalue weighted by Crippen LogP contribution is -2.42. The van der Waals surface area contributed by atoms with E-state index in [-0.39, 0.29) is 12.5 Å². The van der Waals surface area contributed by atoms with Crippen molar-refractivity contribution in [2.75, 3.05) is 7.11 Å². The molecule has 0 aromatic heterocycles. The number of likely N-dealkylation sites (tertiary alicyclic amines) is 1. The average Bonchev–Trinajstić information content (AvgIpc) is 2.90. The van der Waals surface area contributed by atoms with Crippen LogP contribution in [0.25, 0.3) is 0 Å². The van der Waals surface area contributed by atoms with Gasteiger partial charge in [0, 0.05) is 18.0 Å². The van der Waals surface area contributed by atoms with Gasteiger partial charge in [0.1, 0.15) is 11.4 Å². The molecule has 2 amide bonds. The first-order chi connectivity index (χ1) is 12.0. The second kappa shape index (κ2) is 7.92. The predicted molar refractivity (Wildman–Crippen MR) is 101 cm³/mol. The summed E-state index contributed by atoms with van der Waals surface area (Å²) in [5.74, 6) is 0.0473. The first kappa shape index (κ1) is 20.6. The molecule has 0 spiro atoms. The number of carbonyl (C=O) groups excluding carboxylic acids is 2. The van der Waals surface area contributed by atoms with Gasteiger partial charge >= 0.3 is 6.09 Å². The number of nitrogens with two attached hydrogens (primary N) is 1. The van der Waals surface area contributed by atoms with Crippen LogP contribution in [0.2, 0.25) is 10.0 Å². The van der Waals surface area contributed by atoms with E-state index in [9.17, 15) is 9.59 Å². The van der Waals surface area contributed by atoms with E-state index in [0.717, 1.165) is 0 Å². The van der Waals surface area contributed by atoms with Crippen LogP contribution in [0.15, 0.2) is 12.1 Å². The van der Waals surface area contributed by atoms with Gasteiger partial charge in [-0.2, -0.15) is 0 Å². The molecule has 6 nitrogen and oxygen atoms in total. The minimum Gasteiger partial charge on any atom is -0.496 e. The normalized spacial score (nSPS) is 20.2. The highest BCUT2D eigenvalue weighted by Crippen LogP contribution is 2.46. The summed E-state index contributed by atoms with van der Waals surface area (Å²) in [5, 5.41) is 0.689. The lowest BCUT2D eigenvalue weighted by atomic mass is 10.0. The number of nitrogens with zero attached hydrogens (tertiary/aromatic N) is 1. The van der Waals surface area contributed by atoms with Crippen molar-refractivity contribution in [2.24, 2.45) is 5.73 Å². The lowest BCUT2D eigenvalue weighted by Gasteiger charge is -2.33. The van der Waals surface area contributed by atoms with Crippen molar-refractivity contribution in [2.45, 2.75) is 57.7 Å². The third-order valence-corrected chi connectivity index (χ3v) is 5.01. The summed E-state index contributed by atoms with van der Waals surface area (Å²) in [5.41, 5.74) is 5.30. The summed E-state index contributed by atoms with van der Waals surface area (Å²) in [6.45, 7) is 5.35. The van der Waals surface area contributed by atoms with Crippen LogP contribution in [0, 0.1) is 0 Å². The molecule has 1 aromatic rings. The average molecular weight is 403 g/mol. The Morgan fingerprint density at radius 3 is 2.46 bits per heavy atom. The SMILES string of the molecule is COc1ccc(Cl)c(Cl)c1C1CCC(CC(N)=O)N1C(=O)OC(C)(C)C. The van der Waals surface area contributed by atoms with E-state index >= 15 is 0 Å². The van der Waals surface area contributed by atoms with Gasteiger partial charge < -0.3 is 15.2 Å². The molecule has 26 heavy (non-hydrogen) atoms. The molecule has 1 aliphatic heterocycles. The molecule has 0 aliphatic carbocycles. The number of rotatable bonds is 4. The van der Waals surface area contributed by atoms with Crippen molar-refractivity contribution in [3.05, 3.63) is 27.7 Å². The summed E-state index contributed by atoms with van der Waals surface area (Å²) in [4.78, 5) is 25.9. The maximum atomic E-state index is 12.9. The molecule has 1 heterocycles. The number of carbonyl (C=O) groups is 2. The van der Waals surface area contributed by atoms with Crippen LogP contribution in [0.4, 0.5) is 4.79 Å². The molecule has 144 valence electrons. The van der Waals surface area contributed by atoms with Crippen LogP contribution in [0.5, 0.6) is 5.75 Å². The zero-order valence-corrected chi connectivity index (χ0v) is 16.9. The summed E-state index contributed by atoms with van der Waals surface area (Å²) in [7, 11) is 1.52. The van der Waals surface area contributed by atoms with E-state index in [1.165, 1.54) is 12.0 Å². The minimum absolute atomic E-state index is 0.0518. The molecule has 1 aromatic carbocycles. The van der Waals surface area contributed by atoms with Gasteiger partial charge in [-0.3, -0.25) is 9.69 Å². The molecular weight excluding hydrogens is 379 g/mol. The molecule has 1 aliphatic rings. The molecule has 1 fully saturated rings. The summed E-state index contributed by atoms with van der Waals surface area (Å²) in [6, 6.07) is 2.56. The Labute approximate surface area is 163 Å². The van der Waals surface area contributed by atoms with Crippen LogP contribution in [-0.4, -0.2) is 35.7 Å². The van der Waals surface area contributed by atoms with Crippen molar-refractivity contribution in [3.63, 3.8) is 0 Å². The number of hydrogen-bond acceptors (Lipinski definition) is 4. The fourth-order valence-corrected chi connectivity index (χ4v) is 3.67. The molecule has 2 N–H and O–H groups in total. The lowest BCUT2D eigenvalue weighted by molar-refractivity contribution is -0.119. The van der Waals surface area contributed by atoms with Crippen molar-refractivity contribution < 1.29 is 19.1 Å². The fraction of sp³-hybridized carbons (Fsp3) is 0.556. The summed E-state index contributed by atoms with van der Waals surface area (Å²) in [6.07, 6.45) is 0.715. The van der Waals surface area contributed by atoms with Crippen LogP contribution in [0.3, 0.4) is 0 Å². The fourth-order valence-electron chi connectivity index (χ4n) is 3.23. The van der Waals surface area contributed by atoms with Gasteiger partial charge in [0.25, 0.3) is 0 Å². The predicted octanol–water partition coefficient (Wildman–Crippen LogP) is 4.32. The minimum atomic E-state index is -0.677. The van der Waals surface area contributed by atoms with E-state index in [4.69, 9.17) is 38.4 Å². The quantitative estimate of drug-likeness (QED) is 0.812. The Morgan fingerprint density at radius 2 is 1.92 bits per heavy atom. The van der Waals surface area contributed by atoms with Gasteiger partial charge in [-0.25, -0.2) is 4.79 Å². The van der Waals surface area contributed by atoms with Gasteiger partial charge in [-0.1, -0.05) is 23.2 Å². The Hall–Kier alpha value is -1.66. The Morgan fingerprint density at radius 1 is 1.27 bits per heavy atom. The second-order valence-corrected chi connectivity index (χ2v) is 8.07. The Kier molecular flexibility index (Phi) is 6.29. The maximum absolute atomic E-state index is 12.9. The van der Waals surface area contributed by atoms with E-state index in [1.54, 1.807) is 32.9 Å². The Balaban J connectivity index is 2.48. The molecule has 8 heteroatoms. The Bertz CT molecular complexity index is 703. The number of primary amides is 1. The van der Waals surface area contributed by atoms with E-state index in [2.05, 4.69) is 0 Å². The highest BCUT2D eigenvalue weighted by atomic mass is 35.5. The molecule has 2 unspecified atom stereocenters. The van der Waals surface area contributed by atoms with Gasteiger partial charge in [0.2, 0.25) is 5.91 Å². The number of hydrogen-bond donors (Lipinski definition) is 1. The van der Waals surface area contributed by atoms with Crippen LogP contribution in [-0.2, 0) is 9.53 Å². The standard InChI is InChI=1S/C18H24Cl2N2O4/c1-18(2,3)26-17(24)22-10(9-14(21)23)5-7-12(22)15-13(25-4)8-6-11(19)16(15)20/h6,8,10,12H,5,7,9H2,1-4H3,(H2,21,23). The number of amides is 2. The third kappa shape index (κ3) is 4.54. The van der Waals surface area contributed by atoms with Gasteiger partial charge in [-0.15, -0.1) is 0 Å². The number of benzene rings is 1. The second-order valence-electron chi connectivity index (χ2n) is 7.28. The van der Waals surface area contributed by atoms with Gasteiger partial charge in [-0.05, 0) is 45.7 Å². The smallest absolute Gasteiger partial charge is 0.411 e. The first-order valence-corrected chi connectivity index (χ1v) is 9.12. The molecule has 0 saturated carbocycles. The molecule has 2 atom stereocenters. The molecule has 1 saturated heterocycles. The van der Waals surface area contributed by atoms with Gasteiger partial charge in [0.15, 0.2) is 0 Å². The van der Waals surface area contributed by atoms with Crippen LogP contribution in [0.1, 0.15) is 51.6 Å². The highest BCUT2D eigenvalue weighted by Gasteiger charge is 2.42. The zero-order valence-electron chi connectivity index (χ0n) is 15.3. The molecule has 0 radical (unpaired) electrons. The highest BCUT2D eigenvalue weighted by molar-refractivity contribution is 6.42. The molecule has 0 bridgehead atoms. The van der Waals surface area contributed by atoms with Gasteiger partial charge in [0.05, 0.1) is 23.2 Å². The van der Waals surface area contributed by atoms with E-state index in [1.807, 2.05) is 0 Å². The number of methoxy groups -OCH3 is 1. The largest absolute Gasteiger partial charge is 0.496 e. The van der Waals surface area contributed by atoms with Crippen LogP contribution < -0.4 is 10.5 Å². The first-order valence-electron chi connectivity index (χ1n) is 8.36. The third-order valence-electron chi connectivity index (χ3n) is 4.19. The van der Waals surface area contributed by atoms with Crippen molar-refractivity contribution in [1.82, 2.24) is 4.90 Å². The monoisotopic (exact) mass is 402 g/mol. The topological polar surface area (TPSA) is 81.9 Å². The van der Waals surface area contributed by atoms with Crippen molar-refractivity contribution in [1.29, 1.82) is 0 Å². The number of ether oxygens (including phenoxy) is 2. The van der Waals surface area contributed by atoms with E-state index in [0.29, 0.717) is 34.2 Å². The molecule has 2 rings (SSSR count). The summed E-state index contributed by atoms with van der Waals surface area (Å²) >= 11 is 12.6. The summed E-state index contributed by atoms with van der Waals surface area (Å²) < 4.78 is 11.0. The van der Waals surface area contributed by atoms with Crippen LogP contribution >= 0.6 is 23.2 Å².